The van der Waals surface area contributed by atoms with Gasteiger partial charge in [-0.3, -0.25) is 9.59 Å². The summed E-state index contributed by atoms with van der Waals surface area (Å²) in [6.07, 6.45) is 5.69. The fourth-order valence-corrected chi connectivity index (χ4v) is 4.00. The number of rotatable bonds is 4. The molecule has 0 radical (unpaired) electrons. The van der Waals surface area contributed by atoms with Gasteiger partial charge in [-0.2, -0.15) is 0 Å². The first-order chi connectivity index (χ1) is 11.6. The van der Waals surface area contributed by atoms with Gasteiger partial charge in [0.05, 0.1) is 12.2 Å². The van der Waals surface area contributed by atoms with Crippen molar-refractivity contribution in [2.75, 3.05) is 0 Å². The number of hydrogen-bond donors (Lipinski definition) is 2. The fourth-order valence-electron chi connectivity index (χ4n) is 3.13. The topological polar surface area (TPSA) is 92.4 Å². The summed E-state index contributed by atoms with van der Waals surface area (Å²) in [6, 6.07) is 3.23. The van der Waals surface area contributed by atoms with Crippen LogP contribution in [0.4, 0.5) is 0 Å². The lowest BCUT2D eigenvalue weighted by Crippen LogP contribution is -2.43. The average Bonchev–Trinajstić information content (AvgIpc) is 3.13. The summed E-state index contributed by atoms with van der Waals surface area (Å²) in [5.74, 6) is -1.05. The standard InChI is InChI=1S/C17H20N2O4S/c1-10-14(19-16(24-10)13-8-5-9-23-13)15(20)18-12-7-4-2-3-6-11(12)17(21)22/h5,8-9,11-12H,2-4,6-7H2,1H3,(H,18,20)(H,21,22)/t11-,12+/m1/s1. The van der Waals surface area contributed by atoms with Crippen molar-refractivity contribution in [3.8, 4) is 10.8 Å². The SMILES string of the molecule is Cc1sc(-c2ccco2)nc1C(=O)N[C@H]1CCCCC[C@H]1C(=O)O. The van der Waals surface area contributed by atoms with Crippen LogP contribution in [0.3, 0.4) is 0 Å². The zero-order chi connectivity index (χ0) is 17.1. The number of carboxylic acid groups (broad SMARTS) is 1. The second kappa shape index (κ2) is 7.17. The van der Waals surface area contributed by atoms with Crippen LogP contribution < -0.4 is 5.32 Å². The molecule has 2 aromatic heterocycles. The molecule has 6 nitrogen and oxygen atoms in total. The Morgan fingerprint density at radius 1 is 1.33 bits per heavy atom. The highest BCUT2D eigenvalue weighted by Crippen LogP contribution is 2.29. The third kappa shape index (κ3) is 3.51. The molecule has 1 aliphatic carbocycles. The number of carbonyl (C=O) groups is 2. The number of carbonyl (C=O) groups excluding carboxylic acids is 1. The van der Waals surface area contributed by atoms with E-state index >= 15 is 0 Å². The van der Waals surface area contributed by atoms with Gasteiger partial charge < -0.3 is 14.8 Å². The van der Waals surface area contributed by atoms with E-state index in [2.05, 4.69) is 10.3 Å². The molecule has 2 aromatic rings. The second-order valence-corrected chi connectivity index (χ2v) is 7.27. The van der Waals surface area contributed by atoms with Crippen molar-refractivity contribution >= 4 is 23.2 Å². The molecule has 2 heterocycles. The molecule has 1 aliphatic rings. The number of nitrogens with zero attached hydrogens (tertiary/aromatic N) is 1. The maximum atomic E-state index is 12.6. The van der Waals surface area contributed by atoms with Crippen LogP contribution in [0.5, 0.6) is 0 Å². The van der Waals surface area contributed by atoms with Crippen molar-refractivity contribution in [3.63, 3.8) is 0 Å². The predicted molar refractivity (Wildman–Crippen MR) is 90.0 cm³/mol. The van der Waals surface area contributed by atoms with E-state index in [0.717, 1.165) is 24.1 Å². The van der Waals surface area contributed by atoms with Crippen LogP contribution in [0.25, 0.3) is 10.8 Å². The number of aromatic nitrogens is 1. The molecule has 0 unspecified atom stereocenters. The number of carboxylic acids is 1. The van der Waals surface area contributed by atoms with E-state index in [1.165, 1.54) is 11.3 Å². The number of furan rings is 1. The Bertz CT molecular complexity index is 723. The highest BCUT2D eigenvalue weighted by molar-refractivity contribution is 7.15. The first-order valence-corrected chi connectivity index (χ1v) is 8.93. The van der Waals surface area contributed by atoms with Crippen LogP contribution in [0.1, 0.15) is 47.5 Å². The average molecular weight is 348 g/mol. The minimum absolute atomic E-state index is 0.306. The third-order valence-electron chi connectivity index (χ3n) is 4.39. The van der Waals surface area contributed by atoms with Crippen LogP contribution >= 0.6 is 11.3 Å². The first kappa shape index (κ1) is 16.7. The number of hydrogen-bond acceptors (Lipinski definition) is 5. The molecule has 7 heteroatoms. The lowest BCUT2D eigenvalue weighted by atomic mass is 9.95. The van der Waals surface area contributed by atoms with Gasteiger partial charge in [-0.1, -0.05) is 19.3 Å². The van der Waals surface area contributed by atoms with Crippen molar-refractivity contribution in [1.82, 2.24) is 10.3 Å². The molecule has 2 atom stereocenters. The summed E-state index contributed by atoms with van der Waals surface area (Å²) in [7, 11) is 0. The zero-order valence-corrected chi connectivity index (χ0v) is 14.3. The van der Waals surface area contributed by atoms with Gasteiger partial charge in [0.2, 0.25) is 0 Å². The van der Waals surface area contributed by atoms with E-state index < -0.39 is 11.9 Å². The quantitative estimate of drug-likeness (QED) is 0.825. The van der Waals surface area contributed by atoms with E-state index in [1.807, 2.05) is 6.92 Å². The van der Waals surface area contributed by atoms with Crippen LogP contribution in [0.15, 0.2) is 22.8 Å². The van der Waals surface area contributed by atoms with Gasteiger partial charge in [0.1, 0.15) is 5.69 Å². The molecular weight excluding hydrogens is 328 g/mol. The largest absolute Gasteiger partial charge is 0.481 e. The van der Waals surface area contributed by atoms with E-state index in [-0.39, 0.29) is 11.9 Å². The maximum absolute atomic E-state index is 12.6. The van der Waals surface area contributed by atoms with Gasteiger partial charge in [0.25, 0.3) is 5.91 Å². The van der Waals surface area contributed by atoms with Crippen LogP contribution in [0.2, 0.25) is 0 Å². The highest BCUT2D eigenvalue weighted by atomic mass is 32.1. The molecule has 1 saturated carbocycles. The molecule has 0 aromatic carbocycles. The van der Waals surface area contributed by atoms with Crippen molar-refractivity contribution in [3.05, 3.63) is 29.0 Å². The molecule has 0 spiro atoms. The molecule has 0 bridgehead atoms. The van der Waals surface area contributed by atoms with Gasteiger partial charge >= 0.3 is 5.97 Å². The van der Waals surface area contributed by atoms with Crippen LogP contribution in [0, 0.1) is 12.8 Å². The summed E-state index contributed by atoms with van der Waals surface area (Å²) >= 11 is 1.39. The fraction of sp³-hybridized carbons (Fsp3) is 0.471. The Balaban J connectivity index is 1.77. The third-order valence-corrected chi connectivity index (χ3v) is 5.38. The molecule has 1 fully saturated rings. The normalized spacial score (nSPS) is 21.2. The van der Waals surface area contributed by atoms with E-state index in [1.54, 1.807) is 18.4 Å². The van der Waals surface area contributed by atoms with Gasteiger partial charge in [-0.05, 0) is 31.9 Å². The van der Waals surface area contributed by atoms with Gasteiger partial charge in [0, 0.05) is 10.9 Å². The summed E-state index contributed by atoms with van der Waals surface area (Å²) in [5.41, 5.74) is 0.347. The molecular formula is C17H20N2O4S. The smallest absolute Gasteiger partial charge is 0.308 e. The lowest BCUT2D eigenvalue weighted by Gasteiger charge is -2.22. The molecule has 0 saturated heterocycles. The molecule has 0 aliphatic heterocycles. The number of aliphatic carboxylic acids is 1. The van der Waals surface area contributed by atoms with E-state index in [0.29, 0.717) is 29.3 Å². The molecule has 2 N–H and O–H groups in total. The van der Waals surface area contributed by atoms with E-state index in [9.17, 15) is 14.7 Å². The van der Waals surface area contributed by atoms with Gasteiger partial charge in [0.15, 0.2) is 10.8 Å². The zero-order valence-electron chi connectivity index (χ0n) is 13.4. The number of amides is 1. The minimum Gasteiger partial charge on any atom is -0.481 e. The van der Waals surface area contributed by atoms with Gasteiger partial charge in [-0.25, -0.2) is 4.98 Å². The monoisotopic (exact) mass is 348 g/mol. The summed E-state index contributed by atoms with van der Waals surface area (Å²) < 4.78 is 5.32. The molecule has 128 valence electrons. The Kier molecular flexibility index (Phi) is 4.99. The lowest BCUT2D eigenvalue weighted by molar-refractivity contribution is -0.142. The van der Waals surface area contributed by atoms with Crippen molar-refractivity contribution in [2.24, 2.45) is 5.92 Å². The summed E-state index contributed by atoms with van der Waals surface area (Å²) in [6.45, 7) is 1.83. The summed E-state index contributed by atoms with van der Waals surface area (Å²) in [4.78, 5) is 29.3. The van der Waals surface area contributed by atoms with Crippen LogP contribution in [-0.4, -0.2) is 28.0 Å². The van der Waals surface area contributed by atoms with Crippen molar-refractivity contribution in [2.45, 2.75) is 45.1 Å². The maximum Gasteiger partial charge on any atom is 0.308 e. The van der Waals surface area contributed by atoms with Crippen molar-refractivity contribution in [1.29, 1.82) is 0 Å². The first-order valence-electron chi connectivity index (χ1n) is 8.11. The molecule has 24 heavy (non-hydrogen) atoms. The predicted octanol–water partition coefficient (Wildman–Crippen LogP) is 3.47. The number of thiazole rings is 1. The Morgan fingerprint density at radius 2 is 2.12 bits per heavy atom. The summed E-state index contributed by atoms with van der Waals surface area (Å²) in [5, 5.41) is 13.0. The Labute approximate surface area is 143 Å². The molecule has 3 rings (SSSR count). The Hall–Kier alpha value is -2.15. The van der Waals surface area contributed by atoms with Crippen LogP contribution in [-0.2, 0) is 4.79 Å². The number of nitrogens with one attached hydrogen (secondary N) is 1. The minimum atomic E-state index is -0.839. The van der Waals surface area contributed by atoms with E-state index in [4.69, 9.17) is 4.42 Å². The number of aryl methyl sites for hydroxylation is 1. The highest BCUT2D eigenvalue weighted by Gasteiger charge is 2.31. The Morgan fingerprint density at radius 3 is 2.83 bits per heavy atom. The van der Waals surface area contributed by atoms with Crippen molar-refractivity contribution < 1.29 is 19.1 Å². The van der Waals surface area contributed by atoms with Gasteiger partial charge in [-0.15, -0.1) is 11.3 Å². The molecule has 1 amide bonds. The second-order valence-electron chi connectivity index (χ2n) is 6.06.